The minimum Gasteiger partial charge on any atom is -0.300 e. The Kier molecular flexibility index (Phi) is 4.60. The first-order chi connectivity index (χ1) is 8.61. The number of aryl methyl sites for hydroxylation is 2. The first-order valence-electron chi connectivity index (χ1n) is 6.83. The Labute approximate surface area is 117 Å². The van der Waals surface area contributed by atoms with Crippen molar-refractivity contribution in [2.75, 3.05) is 0 Å². The summed E-state index contributed by atoms with van der Waals surface area (Å²) in [5.74, 6) is 0.933. The fourth-order valence-corrected chi connectivity index (χ4v) is 3.55. The number of rotatable bonds is 3. The highest BCUT2D eigenvalue weighted by Gasteiger charge is 2.21. The van der Waals surface area contributed by atoms with Crippen LogP contribution in [0.2, 0.25) is 0 Å². The SMILES string of the molecule is CCc1nn(C)c(CC2CCCCC(=O)C2)c1Br. The van der Waals surface area contributed by atoms with Crippen molar-refractivity contribution in [3.8, 4) is 0 Å². The van der Waals surface area contributed by atoms with Crippen molar-refractivity contribution in [3.63, 3.8) is 0 Å². The third-order valence-corrected chi connectivity index (χ3v) is 4.73. The van der Waals surface area contributed by atoms with Gasteiger partial charge in [-0.1, -0.05) is 13.3 Å². The average molecular weight is 313 g/mol. The van der Waals surface area contributed by atoms with E-state index in [4.69, 9.17) is 0 Å². The first kappa shape index (κ1) is 13.8. The molecule has 0 aliphatic heterocycles. The molecular weight excluding hydrogens is 292 g/mol. The minimum atomic E-state index is 0.437. The van der Waals surface area contributed by atoms with E-state index in [1.54, 1.807) is 0 Å². The molecule has 1 aliphatic carbocycles. The molecule has 0 spiro atoms. The molecule has 1 aliphatic rings. The molecule has 1 unspecified atom stereocenters. The van der Waals surface area contributed by atoms with Crippen LogP contribution in [0.3, 0.4) is 0 Å². The van der Waals surface area contributed by atoms with Gasteiger partial charge in [0.25, 0.3) is 0 Å². The van der Waals surface area contributed by atoms with E-state index in [0.717, 1.165) is 42.3 Å². The largest absolute Gasteiger partial charge is 0.300 e. The second-order valence-corrected chi connectivity index (χ2v) is 6.04. The predicted molar refractivity (Wildman–Crippen MR) is 75.6 cm³/mol. The van der Waals surface area contributed by atoms with Gasteiger partial charge in [0.2, 0.25) is 0 Å². The second-order valence-electron chi connectivity index (χ2n) is 5.24. The zero-order valence-electron chi connectivity index (χ0n) is 11.2. The second kappa shape index (κ2) is 6.00. The van der Waals surface area contributed by atoms with Crippen molar-refractivity contribution in [2.24, 2.45) is 13.0 Å². The van der Waals surface area contributed by atoms with Gasteiger partial charge in [0.15, 0.2) is 0 Å². The summed E-state index contributed by atoms with van der Waals surface area (Å²) in [6, 6.07) is 0. The zero-order chi connectivity index (χ0) is 13.1. The molecule has 4 heteroatoms. The Hall–Kier alpha value is -0.640. The monoisotopic (exact) mass is 312 g/mol. The summed E-state index contributed by atoms with van der Waals surface area (Å²) < 4.78 is 3.11. The molecule has 0 bridgehead atoms. The molecule has 0 amide bonds. The summed E-state index contributed by atoms with van der Waals surface area (Å²) in [5, 5.41) is 4.52. The van der Waals surface area contributed by atoms with Gasteiger partial charge < -0.3 is 0 Å². The van der Waals surface area contributed by atoms with Crippen LogP contribution < -0.4 is 0 Å². The number of hydrogen-bond donors (Lipinski definition) is 0. The summed E-state index contributed by atoms with van der Waals surface area (Å²) in [5.41, 5.74) is 2.36. The number of carbonyl (C=O) groups is 1. The molecule has 0 aromatic carbocycles. The van der Waals surface area contributed by atoms with Crippen molar-refractivity contribution in [3.05, 3.63) is 15.9 Å². The Morgan fingerprint density at radius 3 is 2.89 bits per heavy atom. The highest BCUT2D eigenvalue weighted by molar-refractivity contribution is 9.10. The average Bonchev–Trinajstić information content (AvgIpc) is 2.53. The third kappa shape index (κ3) is 3.02. The van der Waals surface area contributed by atoms with Crippen LogP contribution in [0.1, 0.15) is 50.4 Å². The Morgan fingerprint density at radius 2 is 2.22 bits per heavy atom. The van der Waals surface area contributed by atoms with Crippen LogP contribution in [0.5, 0.6) is 0 Å². The number of halogens is 1. The van der Waals surface area contributed by atoms with Gasteiger partial charge in [0, 0.05) is 19.9 Å². The van der Waals surface area contributed by atoms with Crippen molar-refractivity contribution in [1.29, 1.82) is 0 Å². The van der Waals surface area contributed by atoms with Gasteiger partial charge in [0.05, 0.1) is 15.9 Å². The van der Waals surface area contributed by atoms with Crippen molar-refractivity contribution in [2.45, 2.75) is 51.9 Å². The number of ketones is 1. The molecule has 1 aromatic rings. The lowest BCUT2D eigenvalue weighted by Gasteiger charge is -2.13. The molecule has 1 saturated carbocycles. The van der Waals surface area contributed by atoms with E-state index < -0.39 is 0 Å². The van der Waals surface area contributed by atoms with Gasteiger partial charge in [-0.25, -0.2) is 0 Å². The number of carbonyl (C=O) groups excluding carboxylic acids is 1. The number of nitrogens with zero attached hydrogens (tertiary/aromatic N) is 2. The number of aromatic nitrogens is 2. The number of hydrogen-bond acceptors (Lipinski definition) is 2. The zero-order valence-corrected chi connectivity index (χ0v) is 12.8. The van der Waals surface area contributed by atoms with Gasteiger partial charge in [-0.3, -0.25) is 9.48 Å². The summed E-state index contributed by atoms with van der Waals surface area (Å²) in [6.45, 7) is 2.12. The fraction of sp³-hybridized carbons (Fsp3) is 0.714. The van der Waals surface area contributed by atoms with Gasteiger partial charge in [-0.05, 0) is 47.5 Å². The molecule has 1 fully saturated rings. The van der Waals surface area contributed by atoms with Crippen LogP contribution in [0, 0.1) is 5.92 Å². The molecule has 18 heavy (non-hydrogen) atoms. The van der Waals surface area contributed by atoms with Gasteiger partial charge in [-0.2, -0.15) is 5.10 Å². The maximum Gasteiger partial charge on any atom is 0.133 e. The van der Waals surface area contributed by atoms with E-state index in [9.17, 15) is 4.79 Å². The lowest BCUT2D eigenvalue weighted by Crippen LogP contribution is -2.11. The topological polar surface area (TPSA) is 34.9 Å². The molecule has 1 atom stereocenters. The molecule has 1 aromatic heterocycles. The van der Waals surface area contributed by atoms with Crippen LogP contribution in [-0.4, -0.2) is 15.6 Å². The Bertz CT molecular complexity index is 439. The van der Waals surface area contributed by atoms with E-state index in [-0.39, 0.29) is 0 Å². The van der Waals surface area contributed by atoms with Gasteiger partial charge in [0.1, 0.15) is 5.78 Å². The molecule has 3 nitrogen and oxygen atoms in total. The van der Waals surface area contributed by atoms with Crippen molar-refractivity contribution < 1.29 is 4.79 Å². The minimum absolute atomic E-state index is 0.437. The lowest BCUT2D eigenvalue weighted by molar-refractivity contribution is -0.119. The maximum absolute atomic E-state index is 11.7. The third-order valence-electron chi connectivity index (χ3n) is 3.82. The summed E-state index contributed by atoms with van der Waals surface area (Å²) in [7, 11) is 2.00. The van der Waals surface area contributed by atoms with E-state index in [1.807, 2.05) is 11.7 Å². The quantitative estimate of drug-likeness (QED) is 0.801. The predicted octanol–water partition coefficient (Wildman–Crippen LogP) is 3.44. The van der Waals surface area contributed by atoms with E-state index in [2.05, 4.69) is 28.0 Å². The maximum atomic E-state index is 11.7. The summed E-state index contributed by atoms with van der Waals surface area (Å²) in [6.07, 6.45) is 6.87. The van der Waals surface area contributed by atoms with Gasteiger partial charge >= 0.3 is 0 Å². The standard InChI is InChI=1S/C14H21BrN2O/c1-3-12-14(15)13(17(2)16-12)9-10-6-4-5-7-11(18)8-10/h10H,3-9H2,1-2H3. The highest BCUT2D eigenvalue weighted by atomic mass is 79.9. The van der Waals surface area contributed by atoms with E-state index in [0.29, 0.717) is 11.7 Å². The molecule has 1 heterocycles. The van der Waals surface area contributed by atoms with E-state index >= 15 is 0 Å². The Balaban J connectivity index is 2.12. The first-order valence-corrected chi connectivity index (χ1v) is 7.63. The molecule has 0 saturated heterocycles. The van der Waals surface area contributed by atoms with Gasteiger partial charge in [-0.15, -0.1) is 0 Å². The molecule has 100 valence electrons. The number of Topliss-reactive ketones (excluding diaryl/α,β-unsaturated/α-hetero) is 1. The van der Waals surface area contributed by atoms with Crippen LogP contribution in [0.4, 0.5) is 0 Å². The Morgan fingerprint density at radius 1 is 1.44 bits per heavy atom. The van der Waals surface area contributed by atoms with Crippen molar-refractivity contribution >= 4 is 21.7 Å². The van der Waals surface area contributed by atoms with Crippen LogP contribution in [-0.2, 0) is 24.7 Å². The summed E-state index contributed by atoms with van der Waals surface area (Å²) in [4.78, 5) is 11.7. The lowest BCUT2D eigenvalue weighted by atomic mass is 9.94. The fourth-order valence-electron chi connectivity index (χ4n) is 2.77. The molecule has 2 rings (SSSR count). The molecular formula is C14H21BrN2O. The van der Waals surface area contributed by atoms with E-state index in [1.165, 1.54) is 18.5 Å². The molecule has 0 N–H and O–H groups in total. The smallest absolute Gasteiger partial charge is 0.133 e. The van der Waals surface area contributed by atoms with Crippen molar-refractivity contribution in [1.82, 2.24) is 9.78 Å². The van der Waals surface area contributed by atoms with Crippen LogP contribution in [0.15, 0.2) is 4.47 Å². The highest BCUT2D eigenvalue weighted by Crippen LogP contribution is 2.29. The van der Waals surface area contributed by atoms with Crippen LogP contribution >= 0.6 is 15.9 Å². The van der Waals surface area contributed by atoms with Crippen LogP contribution in [0.25, 0.3) is 0 Å². The normalized spacial score (nSPS) is 21.1. The summed E-state index contributed by atoms with van der Waals surface area (Å²) >= 11 is 3.66. The molecule has 0 radical (unpaired) electrons.